The first-order valence-corrected chi connectivity index (χ1v) is 26.7. The zero-order valence-corrected chi connectivity index (χ0v) is 42.6. The molecule has 0 bridgehead atoms. The molecule has 0 aliphatic heterocycles. The molecule has 5 aromatic rings. The topological polar surface area (TPSA) is 42.5 Å². The van der Waals surface area contributed by atoms with Gasteiger partial charge < -0.3 is 17.0 Å². The molecule has 354 valence electrons. The highest BCUT2D eigenvalue weighted by Crippen LogP contribution is 2.31. The van der Waals surface area contributed by atoms with E-state index >= 15 is 0 Å². The molecule has 5 heteroatoms. The third kappa shape index (κ3) is 22.1. The molecule has 4 aromatic heterocycles. The highest BCUT2D eigenvalue weighted by atomic mass is 79.9. The molecule has 0 radical (unpaired) electrons. The Kier molecular flexibility index (Phi) is 28.7. The van der Waals surface area contributed by atoms with Crippen LogP contribution in [0.5, 0.6) is 0 Å². The van der Waals surface area contributed by atoms with Crippen molar-refractivity contribution in [2.75, 3.05) is 0 Å². The molecule has 0 N–H and O–H groups in total. The Morgan fingerprint density at radius 2 is 0.785 bits per heavy atom. The van der Waals surface area contributed by atoms with Gasteiger partial charge in [-0.15, -0.1) is 0 Å². The van der Waals surface area contributed by atoms with Gasteiger partial charge in [0.05, 0.1) is 22.8 Å². The van der Waals surface area contributed by atoms with E-state index in [9.17, 15) is 0 Å². The lowest BCUT2D eigenvalue weighted by atomic mass is 9.88. The monoisotopic (exact) mass is 943 g/mol. The fraction of sp³-hybridized carbons (Fsp3) is 0.567. The number of nitrogens with zero attached hydrogens (tertiary/aromatic N) is 4. The Morgan fingerprint density at radius 3 is 1.15 bits per heavy atom. The van der Waals surface area contributed by atoms with Crippen LogP contribution in [0.3, 0.4) is 0 Å². The van der Waals surface area contributed by atoms with Crippen LogP contribution in [0.25, 0.3) is 33.9 Å². The fourth-order valence-corrected chi connectivity index (χ4v) is 9.50. The van der Waals surface area contributed by atoms with E-state index in [1.807, 2.05) is 48.8 Å². The molecule has 0 saturated heterocycles. The van der Waals surface area contributed by atoms with Crippen molar-refractivity contribution in [3.63, 3.8) is 0 Å². The maximum atomic E-state index is 4.96. The summed E-state index contributed by atoms with van der Waals surface area (Å²) in [4.78, 5) is 14.2. The van der Waals surface area contributed by atoms with E-state index in [4.69, 9.17) is 4.98 Å². The van der Waals surface area contributed by atoms with E-state index in [0.29, 0.717) is 5.92 Å². The second-order valence-electron chi connectivity index (χ2n) is 19.0. The highest BCUT2D eigenvalue weighted by molar-refractivity contribution is 5.74. The van der Waals surface area contributed by atoms with E-state index in [2.05, 4.69) is 89.3 Å². The maximum absolute atomic E-state index is 4.96. The van der Waals surface area contributed by atoms with Crippen LogP contribution in [0.4, 0.5) is 0 Å². The Balaban J connectivity index is 0.00000925. The summed E-state index contributed by atoms with van der Waals surface area (Å²) >= 11 is 0. The fourth-order valence-electron chi connectivity index (χ4n) is 9.50. The molecule has 0 atom stereocenters. The summed E-state index contributed by atoms with van der Waals surface area (Å²) in [7, 11) is 0. The van der Waals surface area contributed by atoms with Crippen molar-refractivity contribution in [2.45, 2.75) is 219 Å². The van der Waals surface area contributed by atoms with Gasteiger partial charge in [-0.25, -0.2) is 9.55 Å². The van der Waals surface area contributed by atoms with Crippen LogP contribution >= 0.6 is 0 Å². The Morgan fingerprint density at radius 1 is 0.400 bits per heavy atom. The zero-order valence-electron chi connectivity index (χ0n) is 41.1. The molecule has 0 aliphatic carbocycles. The van der Waals surface area contributed by atoms with Gasteiger partial charge in [0.2, 0.25) is 0 Å². The number of halogens is 1. The quantitative estimate of drug-likeness (QED) is 0.0297. The van der Waals surface area contributed by atoms with Crippen LogP contribution in [-0.2, 0) is 6.54 Å². The maximum Gasteiger partial charge on any atom is 0.173 e. The van der Waals surface area contributed by atoms with Gasteiger partial charge in [0.1, 0.15) is 0 Å². The molecule has 0 unspecified atom stereocenters. The van der Waals surface area contributed by atoms with Gasteiger partial charge in [-0.3, -0.25) is 9.97 Å². The van der Waals surface area contributed by atoms with E-state index in [1.165, 1.54) is 198 Å². The van der Waals surface area contributed by atoms with E-state index in [0.717, 1.165) is 40.4 Å². The largest absolute Gasteiger partial charge is 1.00 e. The van der Waals surface area contributed by atoms with Gasteiger partial charge >= 0.3 is 0 Å². The summed E-state index contributed by atoms with van der Waals surface area (Å²) < 4.78 is 2.35. The summed E-state index contributed by atoms with van der Waals surface area (Å²) in [5.74, 6) is 0.677. The molecule has 0 aliphatic rings. The van der Waals surface area contributed by atoms with Crippen molar-refractivity contribution in [3.05, 3.63) is 121 Å². The van der Waals surface area contributed by atoms with Crippen molar-refractivity contribution in [2.24, 2.45) is 0 Å². The van der Waals surface area contributed by atoms with Gasteiger partial charge in [0.15, 0.2) is 18.9 Å². The van der Waals surface area contributed by atoms with E-state index in [1.54, 1.807) is 5.56 Å². The third-order valence-electron chi connectivity index (χ3n) is 13.5. The Hall–Kier alpha value is -3.70. The number of unbranched alkanes of at least 4 members (excludes halogenated alkanes) is 26. The molecule has 0 amide bonds. The van der Waals surface area contributed by atoms with E-state index in [-0.39, 0.29) is 17.0 Å². The number of hydrogen-bond acceptors (Lipinski definition) is 3. The van der Waals surface area contributed by atoms with Crippen LogP contribution in [-0.4, -0.2) is 15.0 Å². The molecular weight excluding hydrogens is 857 g/mol. The van der Waals surface area contributed by atoms with Crippen LogP contribution in [0.15, 0.2) is 110 Å². The predicted octanol–water partition coefficient (Wildman–Crippen LogP) is 15.0. The van der Waals surface area contributed by atoms with Crippen molar-refractivity contribution in [1.29, 1.82) is 0 Å². The average molecular weight is 944 g/mol. The Labute approximate surface area is 408 Å². The molecule has 5 rings (SSSR count). The summed E-state index contributed by atoms with van der Waals surface area (Å²) in [5, 5.41) is 0. The lowest BCUT2D eigenvalue weighted by Gasteiger charge is -2.17. The summed E-state index contributed by atoms with van der Waals surface area (Å²) in [6.45, 7) is 5.48. The molecule has 0 spiro atoms. The van der Waals surface area contributed by atoms with Crippen molar-refractivity contribution >= 4 is 0 Å². The number of rotatable bonds is 36. The van der Waals surface area contributed by atoms with Crippen molar-refractivity contribution < 1.29 is 21.5 Å². The summed E-state index contributed by atoms with van der Waals surface area (Å²) in [6, 6.07) is 30.1. The SMILES string of the molecule is CCCCCCCCCCCCCCCCC(CCCCCCCCCCCCCCCC)c1cc[n+](Cc2ccc(-c3cc(-c4ccccn4)nc(-c4ccccn4)c3)cc2)cc1.[Br-]. The summed E-state index contributed by atoms with van der Waals surface area (Å²) in [5.41, 5.74) is 8.54. The van der Waals surface area contributed by atoms with Crippen molar-refractivity contribution in [1.82, 2.24) is 15.0 Å². The zero-order chi connectivity index (χ0) is 44.5. The molecule has 4 heterocycles. The van der Waals surface area contributed by atoms with Gasteiger partial charge in [-0.1, -0.05) is 230 Å². The first-order valence-electron chi connectivity index (χ1n) is 26.7. The lowest BCUT2D eigenvalue weighted by Crippen LogP contribution is -3.00. The molecular formula is C60H87BrN4. The van der Waals surface area contributed by atoms with Crippen LogP contribution in [0, 0.1) is 0 Å². The van der Waals surface area contributed by atoms with Gasteiger partial charge in [-0.05, 0) is 71.8 Å². The minimum absolute atomic E-state index is 0. The van der Waals surface area contributed by atoms with Gasteiger partial charge in [0, 0.05) is 30.1 Å². The number of benzene rings is 1. The Bertz CT molecular complexity index is 1790. The average Bonchev–Trinajstić information content (AvgIpc) is 3.34. The normalized spacial score (nSPS) is 11.3. The molecule has 1 aromatic carbocycles. The molecule has 65 heavy (non-hydrogen) atoms. The van der Waals surface area contributed by atoms with Gasteiger partial charge in [0.25, 0.3) is 0 Å². The van der Waals surface area contributed by atoms with Crippen LogP contribution in [0.2, 0.25) is 0 Å². The van der Waals surface area contributed by atoms with Crippen LogP contribution < -0.4 is 21.5 Å². The second-order valence-corrected chi connectivity index (χ2v) is 19.0. The highest BCUT2D eigenvalue weighted by Gasteiger charge is 2.15. The predicted molar refractivity (Wildman–Crippen MR) is 274 cm³/mol. The third-order valence-corrected chi connectivity index (χ3v) is 13.5. The van der Waals surface area contributed by atoms with Crippen LogP contribution in [0.1, 0.15) is 224 Å². The van der Waals surface area contributed by atoms with Gasteiger partial charge in [-0.2, -0.15) is 0 Å². The second kappa shape index (κ2) is 34.6. The number of hydrogen-bond donors (Lipinski definition) is 0. The lowest BCUT2D eigenvalue weighted by molar-refractivity contribution is -0.688. The first kappa shape index (κ1) is 53.9. The first-order chi connectivity index (χ1) is 31.7. The number of pyridine rings is 4. The standard InChI is InChI=1S/C60H87N4.BrH/c1-3-5-7-9-11-13-15-17-19-21-23-25-27-29-35-53(36-30-28-26-24-22-20-18-16-14-12-10-8-6-4-2)55-43-47-64(48-44-55)51-52-39-41-54(42-40-52)56-49-59(57-37-31-33-45-61-57)63-60(50-56)58-38-32-34-46-62-58;/h31-34,37-50,53H,3-30,35-36,51H2,1-2H3;1H/q+1;/p-1. The molecule has 0 fully saturated rings. The smallest absolute Gasteiger partial charge is 0.173 e. The minimum Gasteiger partial charge on any atom is -1.00 e. The summed E-state index contributed by atoms with van der Waals surface area (Å²) in [6.07, 6.45) is 50.8. The number of aromatic nitrogens is 4. The van der Waals surface area contributed by atoms with Crippen molar-refractivity contribution in [3.8, 4) is 33.9 Å². The molecule has 0 saturated carbocycles. The van der Waals surface area contributed by atoms with E-state index < -0.39 is 0 Å². The minimum atomic E-state index is 0. The molecule has 4 nitrogen and oxygen atoms in total.